The van der Waals surface area contributed by atoms with Crippen LogP contribution in [0.15, 0.2) is 0 Å². The molecule has 0 aromatic carbocycles. The first-order chi connectivity index (χ1) is 7.19. The molecule has 0 heterocycles. The third-order valence-electron chi connectivity index (χ3n) is 3.62. The molecule has 1 fully saturated rings. The summed E-state index contributed by atoms with van der Waals surface area (Å²) in [5.74, 6) is 0.698. The Balaban J connectivity index is 2.38. The minimum atomic E-state index is 0.425. The molecule has 3 heteroatoms. The molecule has 0 aromatic heterocycles. The van der Waals surface area contributed by atoms with Crippen LogP contribution in [-0.2, 0) is 4.74 Å². The number of rotatable bonds is 6. The number of methoxy groups -OCH3 is 1. The molecule has 0 aliphatic heterocycles. The van der Waals surface area contributed by atoms with Crippen molar-refractivity contribution in [2.75, 3.05) is 26.8 Å². The van der Waals surface area contributed by atoms with Crippen molar-refractivity contribution in [3.63, 3.8) is 0 Å². The van der Waals surface area contributed by atoms with E-state index in [4.69, 9.17) is 10.5 Å². The molecule has 2 N–H and O–H groups in total. The number of likely N-dealkylation sites (N-methyl/N-ethyl adjacent to an activating group) is 1. The lowest BCUT2D eigenvalue weighted by Crippen LogP contribution is -2.42. The molecule has 3 unspecified atom stereocenters. The minimum Gasteiger partial charge on any atom is -0.383 e. The average molecular weight is 214 g/mol. The molecule has 15 heavy (non-hydrogen) atoms. The van der Waals surface area contributed by atoms with E-state index in [1.165, 1.54) is 19.3 Å². The highest BCUT2D eigenvalue weighted by Crippen LogP contribution is 2.25. The minimum absolute atomic E-state index is 0.425. The molecule has 1 saturated carbocycles. The van der Waals surface area contributed by atoms with Crippen molar-refractivity contribution >= 4 is 0 Å². The molecule has 1 aliphatic carbocycles. The summed E-state index contributed by atoms with van der Waals surface area (Å²) in [7, 11) is 1.77. The second-order valence-electron chi connectivity index (χ2n) is 4.75. The van der Waals surface area contributed by atoms with Crippen molar-refractivity contribution in [1.82, 2.24) is 4.90 Å². The SMILES string of the molecule is CCN(CC1CCCC1N)C(C)COC. The monoisotopic (exact) mass is 214 g/mol. The van der Waals surface area contributed by atoms with Crippen molar-refractivity contribution < 1.29 is 4.74 Å². The molecule has 3 nitrogen and oxygen atoms in total. The van der Waals surface area contributed by atoms with Gasteiger partial charge in [0.1, 0.15) is 0 Å². The summed E-state index contributed by atoms with van der Waals surface area (Å²) in [6, 6.07) is 0.932. The van der Waals surface area contributed by atoms with Gasteiger partial charge in [0.2, 0.25) is 0 Å². The van der Waals surface area contributed by atoms with Gasteiger partial charge >= 0.3 is 0 Å². The molecule has 3 atom stereocenters. The van der Waals surface area contributed by atoms with Gasteiger partial charge in [-0.15, -0.1) is 0 Å². The summed E-state index contributed by atoms with van der Waals surface area (Å²) >= 11 is 0. The Morgan fingerprint density at radius 2 is 2.20 bits per heavy atom. The van der Waals surface area contributed by atoms with Gasteiger partial charge in [0.25, 0.3) is 0 Å². The van der Waals surface area contributed by atoms with Crippen molar-refractivity contribution in [3.05, 3.63) is 0 Å². The summed E-state index contributed by atoms with van der Waals surface area (Å²) in [6.45, 7) is 7.49. The van der Waals surface area contributed by atoms with Crippen LogP contribution in [0.2, 0.25) is 0 Å². The Hall–Kier alpha value is -0.120. The molecule has 0 amide bonds. The van der Waals surface area contributed by atoms with Crippen molar-refractivity contribution in [2.45, 2.75) is 45.2 Å². The lowest BCUT2D eigenvalue weighted by molar-refractivity contribution is 0.0903. The van der Waals surface area contributed by atoms with Crippen LogP contribution in [-0.4, -0.2) is 43.8 Å². The van der Waals surface area contributed by atoms with Gasteiger partial charge in [-0.25, -0.2) is 0 Å². The summed E-state index contributed by atoms with van der Waals surface area (Å²) < 4.78 is 5.20. The summed E-state index contributed by atoms with van der Waals surface area (Å²) in [6.07, 6.45) is 3.82. The highest BCUT2D eigenvalue weighted by Gasteiger charge is 2.26. The van der Waals surface area contributed by atoms with Crippen LogP contribution >= 0.6 is 0 Å². The van der Waals surface area contributed by atoms with E-state index in [1.807, 2.05) is 0 Å². The fraction of sp³-hybridized carbons (Fsp3) is 1.00. The van der Waals surface area contributed by atoms with Crippen LogP contribution in [0, 0.1) is 5.92 Å². The van der Waals surface area contributed by atoms with Gasteiger partial charge in [0, 0.05) is 25.7 Å². The van der Waals surface area contributed by atoms with Crippen molar-refractivity contribution in [1.29, 1.82) is 0 Å². The van der Waals surface area contributed by atoms with Crippen LogP contribution in [0.5, 0.6) is 0 Å². The van der Waals surface area contributed by atoms with E-state index < -0.39 is 0 Å². The van der Waals surface area contributed by atoms with E-state index in [2.05, 4.69) is 18.7 Å². The van der Waals surface area contributed by atoms with Gasteiger partial charge in [0.05, 0.1) is 6.61 Å². The number of nitrogens with zero attached hydrogens (tertiary/aromatic N) is 1. The lowest BCUT2D eigenvalue weighted by Gasteiger charge is -2.31. The number of ether oxygens (including phenoxy) is 1. The molecular weight excluding hydrogens is 188 g/mol. The molecular formula is C12H26N2O. The first-order valence-electron chi connectivity index (χ1n) is 6.17. The number of nitrogens with two attached hydrogens (primary N) is 1. The zero-order valence-electron chi connectivity index (χ0n) is 10.4. The predicted octanol–water partition coefficient (Wildman–Crippen LogP) is 1.47. The van der Waals surface area contributed by atoms with Gasteiger partial charge in [-0.2, -0.15) is 0 Å². The summed E-state index contributed by atoms with van der Waals surface area (Å²) in [5.41, 5.74) is 6.10. The van der Waals surface area contributed by atoms with Crippen LogP contribution in [0.25, 0.3) is 0 Å². The van der Waals surface area contributed by atoms with E-state index in [-0.39, 0.29) is 0 Å². The van der Waals surface area contributed by atoms with Crippen LogP contribution in [0.1, 0.15) is 33.1 Å². The van der Waals surface area contributed by atoms with Crippen LogP contribution in [0.3, 0.4) is 0 Å². The third-order valence-corrected chi connectivity index (χ3v) is 3.62. The Kier molecular flexibility index (Phi) is 5.58. The third kappa shape index (κ3) is 3.74. The fourth-order valence-corrected chi connectivity index (χ4v) is 2.56. The average Bonchev–Trinajstić information content (AvgIpc) is 2.61. The Labute approximate surface area is 94.0 Å². The molecule has 1 rings (SSSR count). The number of hydrogen-bond acceptors (Lipinski definition) is 3. The van der Waals surface area contributed by atoms with Crippen LogP contribution in [0.4, 0.5) is 0 Å². The highest BCUT2D eigenvalue weighted by molar-refractivity contribution is 4.83. The molecule has 1 aliphatic rings. The lowest BCUT2D eigenvalue weighted by atomic mass is 10.0. The van der Waals surface area contributed by atoms with E-state index in [1.54, 1.807) is 7.11 Å². The molecule has 0 saturated heterocycles. The van der Waals surface area contributed by atoms with Gasteiger partial charge in [0.15, 0.2) is 0 Å². The second kappa shape index (κ2) is 6.46. The fourth-order valence-electron chi connectivity index (χ4n) is 2.56. The topological polar surface area (TPSA) is 38.5 Å². The van der Waals surface area contributed by atoms with E-state index >= 15 is 0 Å². The number of hydrogen-bond donors (Lipinski definition) is 1. The maximum atomic E-state index is 6.10. The molecule has 0 spiro atoms. The molecule has 0 bridgehead atoms. The molecule has 0 aromatic rings. The zero-order chi connectivity index (χ0) is 11.3. The van der Waals surface area contributed by atoms with Gasteiger partial charge in [-0.3, -0.25) is 4.90 Å². The second-order valence-corrected chi connectivity index (χ2v) is 4.75. The highest BCUT2D eigenvalue weighted by atomic mass is 16.5. The standard InChI is InChI=1S/C12H26N2O/c1-4-14(10(2)9-15-3)8-11-6-5-7-12(11)13/h10-12H,4-9,13H2,1-3H3. The van der Waals surface area contributed by atoms with E-state index in [0.717, 1.165) is 19.7 Å². The summed E-state index contributed by atoms with van der Waals surface area (Å²) in [5, 5.41) is 0. The zero-order valence-corrected chi connectivity index (χ0v) is 10.4. The normalized spacial score (nSPS) is 28.6. The smallest absolute Gasteiger partial charge is 0.0615 e. The van der Waals surface area contributed by atoms with E-state index in [9.17, 15) is 0 Å². The Morgan fingerprint density at radius 1 is 1.47 bits per heavy atom. The molecule has 0 radical (unpaired) electrons. The van der Waals surface area contributed by atoms with Crippen molar-refractivity contribution in [2.24, 2.45) is 11.7 Å². The Morgan fingerprint density at radius 3 is 2.67 bits per heavy atom. The van der Waals surface area contributed by atoms with Gasteiger partial charge in [-0.05, 0) is 32.2 Å². The van der Waals surface area contributed by atoms with Crippen LogP contribution < -0.4 is 5.73 Å². The first-order valence-corrected chi connectivity index (χ1v) is 6.17. The van der Waals surface area contributed by atoms with Gasteiger partial charge in [-0.1, -0.05) is 13.3 Å². The quantitative estimate of drug-likeness (QED) is 0.727. The summed E-state index contributed by atoms with van der Waals surface area (Å²) in [4.78, 5) is 2.49. The Bertz CT molecular complexity index is 175. The largest absolute Gasteiger partial charge is 0.383 e. The first kappa shape index (κ1) is 12.9. The predicted molar refractivity (Wildman–Crippen MR) is 63.9 cm³/mol. The maximum absolute atomic E-state index is 6.10. The van der Waals surface area contributed by atoms with Crippen molar-refractivity contribution in [3.8, 4) is 0 Å². The van der Waals surface area contributed by atoms with Gasteiger partial charge < -0.3 is 10.5 Å². The molecule has 90 valence electrons. The van der Waals surface area contributed by atoms with E-state index in [0.29, 0.717) is 18.0 Å². The maximum Gasteiger partial charge on any atom is 0.0615 e.